The third-order valence-electron chi connectivity index (χ3n) is 5.36. The van der Waals surface area contributed by atoms with E-state index in [2.05, 4.69) is 26.4 Å². The molecule has 0 saturated heterocycles. The van der Waals surface area contributed by atoms with E-state index < -0.39 is 0 Å². The molecule has 0 radical (unpaired) electrons. The molecule has 4 heterocycles. The second-order valence-corrected chi connectivity index (χ2v) is 7.76. The number of nitrogens with zero attached hydrogens (tertiary/aromatic N) is 6. The van der Waals surface area contributed by atoms with Crippen molar-refractivity contribution < 1.29 is 18.7 Å². The molecule has 10 heteroatoms. The van der Waals surface area contributed by atoms with Gasteiger partial charge in [-0.05, 0) is 30.5 Å². The Morgan fingerprint density at radius 1 is 0.971 bits per heavy atom. The van der Waals surface area contributed by atoms with Gasteiger partial charge in [0.2, 0.25) is 11.7 Å². The Morgan fingerprint density at radius 3 is 2.65 bits per heavy atom. The fourth-order valence-corrected chi connectivity index (χ4v) is 3.70. The van der Waals surface area contributed by atoms with Crippen LogP contribution in [0.5, 0.6) is 5.88 Å². The number of ether oxygens (including phenoxy) is 3. The van der Waals surface area contributed by atoms with Crippen LogP contribution in [0.2, 0.25) is 0 Å². The van der Waals surface area contributed by atoms with Crippen molar-refractivity contribution >= 4 is 16.4 Å². The van der Waals surface area contributed by atoms with Crippen molar-refractivity contribution in [1.29, 1.82) is 0 Å². The molecule has 0 aliphatic rings. The molecule has 174 valence electrons. The number of hydrogen-bond donors (Lipinski definition) is 0. The van der Waals surface area contributed by atoms with Gasteiger partial charge in [-0.2, -0.15) is 4.52 Å². The summed E-state index contributed by atoms with van der Waals surface area (Å²) in [5.74, 6) is 1.49. The zero-order valence-electron chi connectivity index (χ0n) is 19.0. The number of methoxy groups -OCH3 is 2. The number of aryl methyl sites for hydroxylation is 1. The van der Waals surface area contributed by atoms with Crippen LogP contribution in [-0.4, -0.2) is 50.8 Å². The van der Waals surface area contributed by atoms with E-state index in [1.165, 1.54) is 5.56 Å². The number of benzene rings is 1. The molecule has 5 aromatic rings. The summed E-state index contributed by atoms with van der Waals surface area (Å²) in [5, 5.41) is 19.1. The molecule has 0 bridgehead atoms. The molecular weight excluding hydrogens is 436 g/mol. The molecule has 10 nitrogen and oxygen atoms in total. The lowest BCUT2D eigenvalue weighted by Crippen LogP contribution is -2.05. The summed E-state index contributed by atoms with van der Waals surface area (Å²) in [7, 11) is 3.30. The van der Waals surface area contributed by atoms with Crippen LogP contribution < -0.4 is 4.74 Å². The molecule has 0 amide bonds. The van der Waals surface area contributed by atoms with E-state index in [9.17, 15) is 0 Å². The highest BCUT2D eigenvalue weighted by atomic mass is 16.5. The van der Waals surface area contributed by atoms with Gasteiger partial charge in [-0.1, -0.05) is 29.4 Å². The summed E-state index contributed by atoms with van der Waals surface area (Å²) in [5.41, 5.74) is 3.10. The first-order valence-corrected chi connectivity index (χ1v) is 10.9. The fraction of sp³-hybridized carbons (Fsp3) is 0.292. The Kier molecular flexibility index (Phi) is 6.41. The first kappa shape index (κ1) is 21.9. The van der Waals surface area contributed by atoms with E-state index in [0.717, 1.165) is 35.9 Å². The van der Waals surface area contributed by atoms with Crippen LogP contribution in [0.25, 0.3) is 27.9 Å². The maximum atomic E-state index is 6.12. The van der Waals surface area contributed by atoms with Crippen molar-refractivity contribution in [1.82, 2.24) is 30.0 Å². The first-order chi connectivity index (χ1) is 16.8. The van der Waals surface area contributed by atoms with Gasteiger partial charge in [0.25, 0.3) is 0 Å². The van der Waals surface area contributed by atoms with Gasteiger partial charge in [0.15, 0.2) is 17.1 Å². The third-order valence-corrected chi connectivity index (χ3v) is 5.36. The molecule has 0 saturated carbocycles. The average Bonchev–Trinajstić information content (AvgIpc) is 3.51. The minimum atomic E-state index is 0.278. The summed E-state index contributed by atoms with van der Waals surface area (Å²) in [6.45, 7) is 1.33. The zero-order valence-corrected chi connectivity index (χ0v) is 19.0. The lowest BCUT2D eigenvalue weighted by Gasteiger charge is -2.10. The van der Waals surface area contributed by atoms with Gasteiger partial charge in [0.05, 0.1) is 5.69 Å². The van der Waals surface area contributed by atoms with Crippen LogP contribution in [0.3, 0.4) is 0 Å². The van der Waals surface area contributed by atoms with Crippen molar-refractivity contribution in [3.05, 3.63) is 65.7 Å². The van der Waals surface area contributed by atoms with E-state index in [0.29, 0.717) is 35.4 Å². The lowest BCUT2D eigenvalue weighted by molar-refractivity contribution is 0.156. The number of hydrogen-bond acceptors (Lipinski definition) is 9. The molecule has 0 aliphatic heterocycles. The molecular formula is C24H24N6O4. The molecule has 5 rings (SSSR count). The summed E-state index contributed by atoms with van der Waals surface area (Å²) in [6.07, 6.45) is 3.77. The number of fused-ring (bicyclic) bond motifs is 3. The minimum Gasteiger partial charge on any atom is -0.470 e. The molecule has 0 unspecified atom stereocenters. The smallest absolute Gasteiger partial charge is 0.240 e. The van der Waals surface area contributed by atoms with Crippen molar-refractivity contribution in [3.8, 4) is 17.4 Å². The summed E-state index contributed by atoms with van der Waals surface area (Å²) < 4.78 is 23.3. The Hall–Kier alpha value is -3.89. The Bertz CT molecular complexity index is 1400. The highest BCUT2D eigenvalue weighted by molar-refractivity contribution is 5.96. The number of aromatic nitrogens is 6. The molecule has 0 atom stereocenters. The number of pyridine rings is 1. The molecule has 34 heavy (non-hydrogen) atoms. The second kappa shape index (κ2) is 9.94. The summed E-state index contributed by atoms with van der Waals surface area (Å²) >= 11 is 0. The Balaban J connectivity index is 1.44. The van der Waals surface area contributed by atoms with Gasteiger partial charge in [-0.25, -0.2) is 0 Å². The third kappa shape index (κ3) is 4.45. The molecule has 0 spiro atoms. The largest absolute Gasteiger partial charge is 0.470 e. The van der Waals surface area contributed by atoms with Gasteiger partial charge >= 0.3 is 0 Å². The predicted octanol–water partition coefficient (Wildman–Crippen LogP) is 3.63. The second-order valence-electron chi connectivity index (χ2n) is 7.76. The average molecular weight is 460 g/mol. The van der Waals surface area contributed by atoms with Crippen LogP contribution >= 0.6 is 0 Å². The highest BCUT2D eigenvalue weighted by Crippen LogP contribution is 2.29. The summed E-state index contributed by atoms with van der Waals surface area (Å²) in [6, 6.07) is 13.6. The van der Waals surface area contributed by atoms with Crippen LogP contribution in [0.15, 0.2) is 53.2 Å². The predicted molar refractivity (Wildman–Crippen MR) is 123 cm³/mol. The van der Waals surface area contributed by atoms with Crippen molar-refractivity contribution in [3.63, 3.8) is 0 Å². The van der Waals surface area contributed by atoms with Crippen LogP contribution in [0, 0.1) is 0 Å². The highest BCUT2D eigenvalue weighted by Gasteiger charge is 2.19. The van der Waals surface area contributed by atoms with Crippen LogP contribution in [-0.2, 0) is 29.1 Å². The number of rotatable bonds is 10. The van der Waals surface area contributed by atoms with Crippen LogP contribution in [0.1, 0.15) is 23.4 Å². The maximum absolute atomic E-state index is 6.12. The van der Waals surface area contributed by atoms with E-state index in [-0.39, 0.29) is 6.61 Å². The maximum Gasteiger partial charge on any atom is 0.240 e. The van der Waals surface area contributed by atoms with Crippen LogP contribution in [0.4, 0.5) is 0 Å². The van der Waals surface area contributed by atoms with Crippen molar-refractivity contribution in [2.75, 3.05) is 20.8 Å². The van der Waals surface area contributed by atoms with E-state index in [1.807, 2.05) is 36.5 Å². The minimum absolute atomic E-state index is 0.278. The SMILES string of the molecule is COCCCc1ccc(COc2nn3c(-c4cc(COC)on4)nnc3c3ccccc23)nc1. The topological polar surface area (TPSA) is 110 Å². The lowest BCUT2D eigenvalue weighted by atomic mass is 10.1. The monoisotopic (exact) mass is 460 g/mol. The first-order valence-electron chi connectivity index (χ1n) is 10.9. The Labute approximate surface area is 195 Å². The zero-order chi connectivity index (χ0) is 23.3. The normalized spacial score (nSPS) is 11.5. The van der Waals surface area contributed by atoms with Gasteiger partial charge in [0.1, 0.15) is 13.2 Å². The summed E-state index contributed by atoms with van der Waals surface area (Å²) in [4.78, 5) is 4.53. The quantitative estimate of drug-likeness (QED) is 0.289. The van der Waals surface area contributed by atoms with E-state index in [4.69, 9.17) is 23.8 Å². The van der Waals surface area contributed by atoms with Gasteiger partial charge in [-0.15, -0.1) is 15.3 Å². The molecule has 1 aromatic carbocycles. The molecule has 0 aliphatic carbocycles. The van der Waals surface area contributed by atoms with Crippen molar-refractivity contribution in [2.24, 2.45) is 0 Å². The fourth-order valence-electron chi connectivity index (χ4n) is 3.70. The van der Waals surface area contributed by atoms with Gasteiger partial charge in [-0.3, -0.25) is 4.98 Å². The van der Waals surface area contributed by atoms with E-state index >= 15 is 0 Å². The standard InChI is InChI=1S/C24H24N6O4/c1-31-11-5-6-16-9-10-17(25-13-16)14-33-24-20-8-4-3-7-19(20)22-26-27-23(30(22)28-24)21-12-18(15-32-2)34-29-21/h3-4,7-10,12-13H,5-6,11,14-15H2,1-2H3. The van der Waals surface area contributed by atoms with Gasteiger partial charge in [0, 0.05) is 43.9 Å². The molecule has 0 fully saturated rings. The Morgan fingerprint density at radius 2 is 1.85 bits per heavy atom. The molecule has 4 aromatic heterocycles. The van der Waals surface area contributed by atoms with E-state index in [1.54, 1.807) is 24.8 Å². The van der Waals surface area contributed by atoms with Crippen molar-refractivity contribution in [2.45, 2.75) is 26.1 Å². The van der Waals surface area contributed by atoms with Gasteiger partial charge < -0.3 is 18.7 Å². The molecule has 0 N–H and O–H groups in total.